The highest BCUT2D eigenvalue weighted by molar-refractivity contribution is 8.00. The van der Waals surface area contributed by atoms with E-state index in [9.17, 15) is 14.4 Å². The fraction of sp³-hybridized carbons (Fsp3) is 0.750. The second kappa shape index (κ2) is 5.67. The summed E-state index contributed by atoms with van der Waals surface area (Å²) in [6.45, 7) is 5.20. The fourth-order valence-corrected chi connectivity index (χ4v) is 2.68. The molecule has 1 aliphatic rings. The van der Waals surface area contributed by atoms with Crippen molar-refractivity contribution in [3.8, 4) is 0 Å². The minimum atomic E-state index is -0.238. The van der Waals surface area contributed by atoms with Gasteiger partial charge in [0.1, 0.15) is 5.78 Å². The van der Waals surface area contributed by atoms with Crippen LogP contribution in [-0.2, 0) is 14.4 Å². The Labute approximate surface area is 106 Å². The number of Topliss-reactive ketones (excluding diaryl/α,β-unsaturated/α-hetero) is 1. The zero-order chi connectivity index (χ0) is 13.2. The van der Waals surface area contributed by atoms with E-state index >= 15 is 0 Å². The normalized spacial score (nSPS) is 24.0. The molecule has 2 amide bonds. The maximum Gasteiger partial charge on any atom is 0.243 e. The van der Waals surface area contributed by atoms with Crippen molar-refractivity contribution in [3.05, 3.63) is 0 Å². The number of carbonyl (C=O) groups is 3. The lowest BCUT2D eigenvalue weighted by atomic mass is 9.98. The molecule has 1 rings (SSSR count). The van der Waals surface area contributed by atoms with Gasteiger partial charge in [0, 0.05) is 18.4 Å². The number of ketones is 1. The third-order valence-corrected chi connectivity index (χ3v) is 4.19. The Kier molecular flexibility index (Phi) is 4.74. The van der Waals surface area contributed by atoms with Gasteiger partial charge in [-0.15, -0.1) is 0 Å². The molecule has 3 unspecified atom stereocenters. The lowest BCUT2D eigenvalue weighted by molar-refractivity contribution is -0.141. The third kappa shape index (κ3) is 3.09. The molecule has 0 aromatic carbocycles. The number of amides is 2. The zero-order valence-electron chi connectivity index (χ0n) is 10.7. The fourth-order valence-electron chi connectivity index (χ4n) is 2.05. The van der Waals surface area contributed by atoms with Crippen molar-refractivity contribution in [2.24, 2.45) is 5.92 Å². The molecule has 96 valence electrons. The van der Waals surface area contributed by atoms with Crippen molar-refractivity contribution in [1.29, 1.82) is 0 Å². The highest BCUT2D eigenvalue weighted by Gasteiger charge is 2.40. The summed E-state index contributed by atoms with van der Waals surface area (Å²) in [5.74, 6) is -0.236. The minimum Gasteiger partial charge on any atom is -0.300 e. The Morgan fingerprint density at radius 3 is 2.47 bits per heavy atom. The van der Waals surface area contributed by atoms with Gasteiger partial charge in [-0.2, -0.15) is 11.8 Å². The Hall–Kier alpha value is -0.840. The number of carbonyl (C=O) groups excluding carboxylic acids is 3. The summed E-state index contributed by atoms with van der Waals surface area (Å²) in [7, 11) is 0. The second-order valence-corrected chi connectivity index (χ2v) is 5.67. The van der Waals surface area contributed by atoms with Crippen LogP contribution >= 0.6 is 11.8 Å². The molecule has 3 atom stereocenters. The molecule has 17 heavy (non-hydrogen) atoms. The summed E-state index contributed by atoms with van der Waals surface area (Å²) in [4.78, 5) is 36.2. The van der Waals surface area contributed by atoms with Crippen molar-refractivity contribution in [1.82, 2.24) is 4.90 Å². The van der Waals surface area contributed by atoms with Gasteiger partial charge in [-0.05, 0) is 26.5 Å². The predicted molar refractivity (Wildman–Crippen MR) is 67.7 cm³/mol. The smallest absolute Gasteiger partial charge is 0.243 e. The first-order valence-electron chi connectivity index (χ1n) is 5.77. The predicted octanol–water partition coefficient (Wildman–Crippen LogP) is 1.48. The van der Waals surface area contributed by atoms with E-state index in [0.29, 0.717) is 12.8 Å². The molecule has 1 fully saturated rings. The van der Waals surface area contributed by atoms with Crippen LogP contribution in [0.15, 0.2) is 0 Å². The van der Waals surface area contributed by atoms with Gasteiger partial charge in [0.25, 0.3) is 0 Å². The van der Waals surface area contributed by atoms with Crippen molar-refractivity contribution in [2.75, 3.05) is 6.26 Å². The molecule has 1 saturated heterocycles. The van der Waals surface area contributed by atoms with Gasteiger partial charge in [-0.25, -0.2) is 0 Å². The van der Waals surface area contributed by atoms with Crippen molar-refractivity contribution >= 4 is 29.4 Å². The molecule has 0 aromatic rings. The second-order valence-electron chi connectivity index (χ2n) is 4.63. The van der Waals surface area contributed by atoms with Crippen LogP contribution in [0.2, 0.25) is 0 Å². The maximum atomic E-state index is 11.9. The summed E-state index contributed by atoms with van der Waals surface area (Å²) < 4.78 is 0. The van der Waals surface area contributed by atoms with Gasteiger partial charge in [-0.3, -0.25) is 19.3 Å². The van der Waals surface area contributed by atoms with Crippen LogP contribution in [0.1, 0.15) is 33.6 Å². The van der Waals surface area contributed by atoms with E-state index in [2.05, 4.69) is 0 Å². The van der Waals surface area contributed by atoms with E-state index in [-0.39, 0.29) is 34.8 Å². The van der Waals surface area contributed by atoms with Crippen LogP contribution in [0.4, 0.5) is 0 Å². The molecular formula is C12H19NO3S. The van der Waals surface area contributed by atoms with E-state index in [1.807, 2.05) is 20.1 Å². The average Bonchev–Trinajstić information content (AvgIpc) is 2.53. The van der Waals surface area contributed by atoms with Gasteiger partial charge in [0.15, 0.2) is 0 Å². The molecule has 0 aliphatic carbocycles. The van der Waals surface area contributed by atoms with E-state index in [1.165, 1.54) is 23.6 Å². The number of nitrogens with zero attached hydrogens (tertiary/aromatic N) is 1. The summed E-state index contributed by atoms with van der Waals surface area (Å²) in [5.41, 5.74) is 0. The maximum absolute atomic E-state index is 11.9. The van der Waals surface area contributed by atoms with Crippen molar-refractivity contribution < 1.29 is 14.4 Å². The average molecular weight is 257 g/mol. The lowest BCUT2D eigenvalue weighted by Crippen LogP contribution is -2.40. The van der Waals surface area contributed by atoms with E-state index in [1.54, 1.807) is 0 Å². The number of rotatable bonds is 5. The molecule has 0 bridgehead atoms. The number of thioether (sulfide) groups is 1. The van der Waals surface area contributed by atoms with Crippen LogP contribution in [0.5, 0.6) is 0 Å². The Balaban J connectivity index is 2.69. The highest BCUT2D eigenvalue weighted by Crippen LogP contribution is 2.26. The molecule has 4 nitrogen and oxygen atoms in total. The first-order chi connectivity index (χ1) is 7.88. The Bertz CT molecular complexity index is 343. The molecule has 0 spiro atoms. The first kappa shape index (κ1) is 14.2. The van der Waals surface area contributed by atoms with Crippen molar-refractivity contribution in [2.45, 2.75) is 44.9 Å². The summed E-state index contributed by atoms with van der Waals surface area (Å²) in [5, 5.41) is -0.238. The van der Waals surface area contributed by atoms with Crippen LogP contribution in [0, 0.1) is 5.92 Å². The quantitative estimate of drug-likeness (QED) is 0.700. The molecular weight excluding hydrogens is 238 g/mol. The number of imide groups is 1. The van der Waals surface area contributed by atoms with E-state index in [4.69, 9.17) is 0 Å². The largest absolute Gasteiger partial charge is 0.300 e. The van der Waals surface area contributed by atoms with Gasteiger partial charge < -0.3 is 0 Å². The van der Waals surface area contributed by atoms with Gasteiger partial charge in [-0.1, -0.05) is 6.92 Å². The van der Waals surface area contributed by atoms with Crippen LogP contribution in [0.3, 0.4) is 0 Å². The van der Waals surface area contributed by atoms with Crippen LogP contribution in [0.25, 0.3) is 0 Å². The molecule has 0 N–H and O–H groups in total. The minimum absolute atomic E-state index is 0.0948. The molecule has 0 saturated carbocycles. The lowest BCUT2D eigenvalue weighted by Gasteiger charge is -2.24. The topological polar surface area (TPSA) is 54.5 Å². The molecule has 0 radical (unpaired) electrons. The monoisotopic (exact) mass is 257 g/mol. The molecule has 0 aromatic heterocycles. The number of hydrogen-bond donors (Lipinski definition) is 0. The number of hydrogen-bond acceptors (Lipinski definition) is 4. The summed E-state index contributed by atoms with van der Waals surface area (Å²) in [6, 6.07) is -0.189. The van der Waals surface area contributed by atoms with E-state index < -0.39 is 0 Å². The summed E-state index contributed by atoms with van der Waals surface area (Å²) >= 11 is 1.41. The van der Waals surface area contributed by atoms with Gasteiger partial charge in [0.05, 0.1) is 5.25 Å². The molecule has 5 heteroatoms. The number of likely N-dealkylation sites (tertiary alicyclic amines) is 1. The van der Waals surface area contributed by atoms with Gasteiger partial charge >= 0.3 is 0 Å². The first-order valence-corrected chi connectivity index (χ1v) is 7.06. The SMILES string of the molecule is CSC1CC(=O)N(C(C)CC(C)C(C)=O)C1=O. The highest BCUT2D eigenvalue weighted by atomic mass is 32.2. The van der Waals surface area contributed by atoms with Crippen LogP contribution < -0.4 is 0 Å². The van der Waals surface area contributed by atoms with E-state index in [0.717, 1.165) is 0 Å². The molecule has 1 heterocycles. The Morgan fingerprint density at radius 1 is 1.47 bits per heavy atom. The Morgan fingerprint density at radius 2 is 2.06 bits per heavy atom. The molecule has 1 aliphatic heterocycles. The van der Waals surface area contributed by atoms with Crippen molar-refractivity contribution in [3.63, 3.8) is 0 Å². The van der Waals surface area contributed by atoms with Crippen LogP contribution in [-0.4, -0.2) is 40.0 Å². The third-order valence-electron chi connectivity index (χ3n) is 3.26. The van der Waals surface area contributed by atoms with Gasteiger partial charge in [0.2, 0.25) is 11.8 Å². The summed E-state index contributed by atoms with van der Waals surface area (Å²) in [6.07, 6.45) is 2.68. The zero-order valence-corrected chi connectivity index (χ0v) is 11.5. The standard InChI is InChI=1S/C12H19NO3S/c1-7(9(3)14)5-8(2)13-11(15)6-10(17-4)12(13)16/h7-8,10H,5-6H2,1-4H3.